The molecule has 1 heterocycles. The first-order valence-corrected chi connectivity index (χ1v) is 17.5. The molecular formula is C37H62O4. The van der Waals surface area contributed by atoms with E-state index in [1.165, 1.54) is 64.2 Å². The van der Waals surface area contributed by atoms with Crippen LogP contribution in [0.3, 0.4) is 0 Å². The quantitative estimate of drug-likeness (QED) is 0.194. The minimum Gasteiger partial charge on any atom is -0.462 e. The molecule has 1 saturated heterocycles. The van der Waals surface area contributed by atoms with E-state index < -0.39 is 5.79 Å². The van der Waals surface area contributed by atoms with Crippen LogP contribution in [0.25, 0.3) is 0 Å². The van der Waals surface area contributed by atoms with Gasteiger partial charge >= 0.3 is 5.97 Å². The predicted octanol–water partition coefficient (Wildman–Crippen LogP) is 9.51. The minimum atomic E-state index is -0.623. The molecular weight excluding hydrogens is 508 g/mol. The smallest absolute Gasteiger partial charge is 0.306 e. The van der Waals surface area contributed by atoms with Gasteiger partial charge < -0.3 is 14.2 Å². The van der Waals surface area contributed by atoms with Crippen LogP contribution in [-0.4, -0.2) is 30.1 Å². The number of fused-ring (bicyclic) bond motifs is 5. The molecule has 3 unspecified atom stereocenters. The molecule has 0 amide bonds. The van der Waals surface area contributed by atoms with Crippen LogP contribution in [-0.2, 0) is 19.0 Å². The molecule has 5 aliphatic rings. The van der Waals surface area contributed by atoms with E-state index in [9.17, 15) is 4.79 Å². The number of hydrogen-bond acceptors (Lipinski definition) is 4. The lowest BCUT2D eigenvalue weighted by Gasteiger charge is -2.61. The average Bonchev–Trinajstić information content (AvgIpc) is 3.42. The van der Waals surface area contributed by atoms with Crippen LogP contribution in [0, 0.1) is 52.3 Å². The highest BCUT2D eigenvalue weighted by Gasteiger charge is 2.60. The van der Waals surface area contributed by atoms with E-state index in [4.69, 9.17) is 14.2 Å². The lowest BCUT2D eigenvalue weighted by atomic mass is 9.44. The molecule has 0 aromatic carbocycles. The molecule has 4 heteroatoms. The molecule has 4 saturated carbocycles. The second kappa shape index (κ2) is 12.3. The number of rotatable bonds is 10. The predicted molar refractivity (Wildman–Crippen MR) is 166 cm³/mol. The Morgan fingerprint density at radius 3 is 2.39 bits per heavy atom. The molecule has 0 aromatic heterocycles. The summed E-state index contributed by atoms with van der Waals surface area (Å²) in [5.74, 6) is 5.34. The highest BCUT2D eigenvalue weighted by molar-refractivity contribution is 5.69. The second-order valence-corrected chi connectivity index (χ2v) is 16.5. The van der Waals surface area contributed by atoms with Crippen LogP contribution in [0.1, 0.15) is 138 Å². The molecule has 4 aliphatic carbocycles. The lowest BCUT2D eigenvalue weighted by Crippen LogP contribution is -2.54. The number of esters is 1. The first-order valence-electron chi connectivity index (χ1n) is 17.5. The van der Waals surface area contributed by atoms with Crippen molar-refractivity contribution in [3.8, 4) is 0 Å². The van der Waals surface area contributed by atoms with Gasteiger partial charge in [0.05, 0.1) is 6.10 Å². The highest BCUT2D eigenvalue weighted by Crippen LogP contribution is 2.68. The summed E-state index contributed by atoms with van der Waals surface area (Å²) in [6, 6.07) is 0. The monoisotopic (exact) mass is 570 g/mol. The van der Waals surface area contributed by atoms with Crippen LogP contribution >= 0.6 is 0 Å². The highest BCUT2D eigenvalue weighted by atomic mass is 16.7. The summed E-state index contributed by atoms with van der Waals surface area (Å²) in [6.07, 6.45) is 18.6. The lowest BCUT2D eigenvalue weighted by molar-refractivity contribution is -0.164. The molecule has 1 aliphatic heterocycles. The van der Waals surface area contributed by atoms with Gasteiger partial charge in [-0.2, -0.15) is 0 Å². The van der Waals surface area contributed by atoms with Crippen molar-refractivity contribution >= 4 is 5.97 Å². The Morgan fingerprint density at radius 1 is 0.927 bits per heavy atom. The third-order valence-electron chi connectivity index (χ3n) is 13.2. The molecule has 5 fully saturated rings. The SMILES string of the molecule is C=CC1OC(C)(C)OC1CCC(=O)OC1CC[C@@]2(C)[C@@H](CC[C@@H]3[C@@H]2CC[C@]2(C)[C@@H]([C@H](C)CCCC(C)C)CC[C@@H]32)C1. The maximum absolute atomic E-state index is 12.9. The van der Waals surface area contributed by atoms with Crippen LogP contribution < -0.4 is 0 Å². The summed E-state index contributed by atoms with van der Waals surface area (Å²) in [6.45, 7) is 20.4. The standard InChI is InChI=1S/C37H62O4/c1-9-32-33(41-35(5,6)40-32)17-18-34(38)39-27-19-21-36(7)26(23-27)13-14-28-30-16-15-29(25(4)12-10-11-24(2)3)37(30,8)22-20-31(28)36/h9,24-33H,1,10-23H2,2-8H3/t25-,26+,27?,28+,29-,30+,31+,32?,33?,36+,37-/m1/s1. The van der Waals surface area contributed by atoms with Crippen molar-refractivity contribution in [1.29, 1.82) is 0 Å². The fraction of sp³-hybridized carbons (Fsp3) is 0.919. The van der Waals surface area contributed by atoms with E-state index in [2.05, 4.69) is 41.2 Å². The van der Waals surface area contributed by atoms with Crippen LogP contribution in [0.4, 0.5) is 0 Å². The molecule has 4 nitrogen and oxygen atoms in total. The molecule has 0 spiro atoms. The molecule has 5 rings (SSSR count). The van der Waals surface area contributed by atoms with Crippen molar-refractivity contribution < 1.29 is 19.0 Å². The molecule has 0 radical (unpaired) electrons. The fourth-order valence-electron chi connectivity index (χ4n) is 11.1. The first-order chi connectivity index (χ1) is 19.4. The largest absolute Gasteiger partial charge is 0.462 e. The molecule has 234 valence electrons. The summed E-state index contributed by atoms with van der Waals surface area (Å²) in [4.78, 5) is 12.9. The van der Waals surface area contributed by atoms with Crippen molar-refractivity contribution in [3.63, 3.8) is 0 Å². The van der Waals surface area contributed by atoms with Gasteiger partial charge in [0.15, 0.2) is 5.79 Å². The maximum Gasteiger partial charge on any atom is 0.306 e. The third-order valence-corrected chi connectivity index (χ3v) is 13.2. The Bertz CT molecular complexity index is 926. The number of carbonyl (C=O) groups excluding carboxylic acids is 1. The zero-order chi connectivity index (χ0) is 29.6. The van der Waals surface area contributed by atoms with Gasteiger partial charge in [0.25, 0.3) is 0 Å². The van der Waals surface area contributed by atoms with Gasteiger partial charge in [-0.15, -0.1) is 6.58 Å². The van der Waals surface area contributed by atoms with Crippen molar-refractivity contribution in [3.05, 3.63) is 12.7 Å². The van der Waals surface area contributed by atoms with Crippen LogP contribution in [0.2, 0.25) is 0 Å². The van der Waals surface area contributed by atoms with Gasteiger partial charge in [0.1, 0.15) is 12.2 Å². The average molecular weight is 571 g/mol. The Labute approximate surface area is 252 Å². The van der Waals surface area contributed by atoms with Crippen molar-refractivity contribution in [1.82, 2.24) is 0 Å². The van der Waals surface area contributed by atoms with E-state index in [1.54, 1.807) is 6.08 Å². The Morgan fingerprint density at radius 2 is 1.66 bits per heavy atom. The molecule has 41 heavy (non-hydrogen) atoms. The summed E-state index contributed by atoms with van der Waals surface area (Å²) < 4.78 is 18.0. The van der Waals surface area contributed by atoms with Crippen molar-refractivity contribution in [2.24, 2.45) is 52.3 Å². The van der Waals surface area contributed by atoms with Gasteiger partial charge in [-0.25, -0.2) is 0 Å². The van der Waals surface area contributed by atoms with E-state index in [1.807, 2.05) is 13.8 Å². The molecule has 0 bridgehead atoms. The number of carbonyl (C=O) groups is 1. The normalized spacial score (nSPS) is 44.1. The molecule has 0 N–H and O–H groups in total. The van der Waals surface area contributed by atoms with Crippen LogP contribution in [0.5, 0.6) is 0 Å². The minimum absolute atomic E-state index is 0.0728. The fourth-order valence-corrected chi connectivity index (χ4v) is 11.1. The first kappa shape index (κ1) is 31.6. The summed E-state index contributed by atoms with van der Waals surface area (Å²) >= 11 is 0. The molecule has 0 aromatic rings. The topological polar surface area (TPSA) is 44.8 Å². The van der Waals surface area contributed by atoms with Crippen LogP contribution in [0.15, 0.2) is 12.7 Å². The van der Waals surface area contributed by atoms with E-state index in [-0.39, 0.29) is 24.3 Å². The second-order valence-electron chi connectivity index (χ2n) is 16.5. The molecule has 11 atom stereocenters. The summed E-state index contributed by atoms with van der Waals surface area (Å²) in [5.41, 5.74) is 0.980. The van der Waals surface area contributed by atoms with Gasteiger partial charge in [0.2, 0.25) is 0 Å². The third kappa shape index (κ3) is 6.36. The van der Waals surface area contributed by atoms with Gasteiger partial charge in [0, 0.05) is 6.42 Å². The Balaban J connectivity index is 1.14. The zero-order valence-electron chi connectivity index (χ0n) is 27.6. The number of ether oxygens (including phenoxy) is 3. The van der Waals surface area contributed by atoms with E-state index in [0.717, 1.165) is 48.3 Å². The van der Waals surface area contributed by atoms with E-state index >= 15 is 0 Å². The Kier molecular flexibility index (Phi) is 9.43. The van der Waals surface area contributed by atoms with Gasteiger partial charge in [-0.05, 0) is 130 Å². The summed E-state index contributed by atoms with van der Waals surface area (Å²) in [5, 5.41) is 0. The Hall–Kier alpha value is -0.870. The maximum atomic E-state index is 12.9. The van der Waals surface area contributed by atoms with E-state index in [0.29, 0.717) is 29.6 Å². The van der Waals surface area contributed by atoms with Crippen molar-refractivity contribution in [2.45, 2.75) is 162 Å². The number of hydrogen-bond donors (Lipinski definition) is 0. The summed E-state index contributed by atoms with van der Waals surface area (Å²) in [7, 11) is 0. The van der Waals surface area contributed by atoms with Gasteiger partial charge in [-0.1, -0.05) is 60.0 Å². The zero-order valence-corrected chi connectivity index (χ0v) is 27.6. The van der Waals surface area contributed by atoms with Gasteiger partial charge in [-0.3, -0.25) is 4.79 Å². The van der Waals surface area contributed by atoms with Crippen molar-refractivity contribution in [2.75, 3.05) is 0 Å².